The lowest BCUT2D eigenvalue weighted by atomic mass is 10.1. The number of hydrogen-bond acceptors (Lipinski definition) is 4. The van der Waals surface area contributed by atoms with Gasteiger partial charge in [0.2, 0.25) is 0 Å². The molecule has 2 aliphatic rings. The summed E-state index contributed by atoms with van der Waals surface area (Å²) in [5.41, 5.74) is 1.98. The number of nitrogens with zero attached hydrogens (tertiary/aromatic N) is 4. The highest BCUT2D eigenvalue weighted by Crippen LogP contribution is 2.26. The molecule has 4 rings (SSSR count). The number of halogens is 1. The first-order chi connectivity index (χ1) is 10.7. The maximum Gasteiger partial charge on any atom is 0.137 e. The lowest BCUT2D eigenvalue weighted by Crippen LogP contribution is -2.57. The van der Waals surface area contributed by atoms with Gasteiger partial charge in [-0.3, -0.25) is 4.99 Å². The SMILES string of the molecule is CN1CC(NC2=NC(c3cnc4ccc(Cl)cn34)CC=C2)C1. The van der Waals surface area contributed by atoms with Crippen molar-refractivity contribution in [2.75, 3.05) is 20.1 Å². The van der Waals surface area contributed by atoms with Crippen molar-refractivity contribution in [1.82, 2.24) is 19.6 Å². The monoisotopic (exact) mass is 315 g/mol. The second-order valence-corrected chi connectivity index (χ2v) is 6.43. The molecule has 0 spiro atoms. The van der Waals surface area contributed by atoms with Crippen molar-refractivity contribution >= 4 is 23.1 Å². The standard InChI is InChI=1S/C16H18ClN5/c1-21-9-12(10-21)19-15-4-2-3-13(20-15)14-7-18-16-6-5-11(17)8-22(14)16/h2,4-8,12-13H,3,9-10H2,1H3,(H,19,20). The number of aromatic nitrogens is 2. The fraction of sp³-hybridized carbons (Fsp3) is 0.375. The Hall–Kier alpha value is -1.85. The van der Waals surface area contributed by atoms with Crippen LogP contribution in [0, 0.1) is 0 Å². The van der Waals surface area contributed by atoms with Gasteiger partial charge >= 0.3 is 0 Å². The Kier molecular flexibility index (Phi) is 3.39. The molecule has 4 heterocycles. The van der Waals surface area contributed by atoms with Gasteiger partial charge in [0, 0.05) is 19.3 Å². The van der Waals surface area contributed by atoms with Crippen molar-refractivity contribution in [2.24, 2.45) is 4.99 Å². The lowest BCUT2D eigenvalue weighted by Gasteiger charge is -2.37. The second-order valence-electron chi connectivity index (χ2n) is 5.99. The van der Waals surface area contributed by atoms with Crippen molar-refractivity contribution < 1.29 is 0 Å². The molecule has 1 atom stereocenters. The molecule has 2 aromatic rings. The Balaban J connectivity index is 1.59. The second kappa shape index (κ2) is 5.41. The van der Waals surface area contributed by atoms with Gasteiger partial charge in [0.1, 0.15) is 11.5 Å². The summed E-state index contributed by atoms with van der Waals surface area (Å²) in [5.74, 6) is 0.964. The number of likely N-dealkylation sites (N-methyl/N-ethyl adjacent to an activating group) is 1. The van der Waals surface area contributed by atoms with Gasteiger partial charge in [-0.2, -0.15) is 0 Å². The average molecular weight is 316 g/mol. The maximum atomic E-state index is 6.11. The molecule has 5 nitrogen and oxygen atoms in total. The number of likely N-dealkylation sites (tertiary alicyclic amines) is 1. The molecule has 0 radical (unpaired) electrons. The van der Waals surface area contributed by atoms with Gasteiger partial charge in [-0.25, -0.2) is 4.98 Å². The van der Waals surface area contributed by atoms with E-state index in [4.69, 9.17) is 16.6 Å². The van der Waals surface area contributed by atoms with Gasteiger partial charge in [-0.05, 0) is 31.7 Å². The third-order valence-corrected chi connectivity index (χ3v) is 4.41. The fourth-order valence-electron chi connectivity index (χ4n) is 3.06. The van der Waals surface area contributed by atoms with E-state index < -0.39 is 0 Å². The van der Waals surface area contributed by atoms with Crippen LogP contribution in [-0.4, -0.2) is 46.3 Å². The van der Waals surface area contributed by atoms with Crippen molar-refractivity contribution in [3.8, 4) is 0 Å². The minimum absolute atomic E-state index is 0.0822. The van der Waals surface area contributed by atoms with E-state index in [0.717, 1.165) is 36.7 Å². The van der Waals surface area contributed by atoms with E-state index in [9.17, 15) is 0 Å². The minimum atomic E-state index is 0.0822. The summed E-state index contributed by atoms with van der Waals surface area (Å²) in [6.07, 6.45) is 8.93. The number of rotatable bonds is 2. The highest BCUT2D eigenvalue weighted by Gasteiger charge is 2.25. The van der Waals surface area contributed by atoms with Gasteiger partial charge in [-0.15, -0.1) is 0 Å². The van der Waals surface area contributed by atoms with Crippen LogP contribution in [0.2, 0.25) is 5.02 Å². The van der Waals surface area contributed by atoms with E-state index in [-0.39, 0.29) is 6.04 Å². The molecule has 2 aliphatic heterocycles. The van der Waals surface area contributed by atoms with E-state index in [1.54, 1.807) is 0 Å². The summed E-state index contributed by atoms with van der Waals surface area (Å²) in [6, 6.07) is 4.37. The highest BCUT2D eigenvalue weighted by molar-refractivity contribution is 6.30. The largest absolute Gasteiger partial charge is 0.365 e. The van der Waals surface area contributed by atoms with Gasteiger partial charge in [-0.1, -0.05) is 17.7 Å². The van der Waals surface area contributed by atoms with Crippen molar-refractivity contribution in [3.63, 3.8) is 0 Å². The van der Waals surface area contributed by atoms with Crippen LogP contribution in [0.4, 0.5) is 0 Å². The van der Waals surface area contributed by atoms with Crippen LogP contribution < -0.4 is 5.32 Å². The molecule has 0 amide bonds. The van der Waals surface area contributed by atoms with E-state index in [0.29, 0.717) is 11.1 Å². The van der Waals surface area contributed by atoms with Crippen LogP contribution in [0.1, 0.15) is 18.2 Å². The maximum absolute atomic E-state index is 6.11. The zero-order chi connectivity index (χ0) is 15.1. The Bertz CT molecular complexity index is 757. The summed E-state index contributed by atoms with van der Waals surface area (Å²) >= 11 is 6.11. The van der Waals surface area contributed by atoms with E-state index >= 15 is 0 Å². The third kappa shape index (κ3) is 2.51. The number of aliphatic imine (C=N–C) groups is 1. The highest BCUT2D eigenvalue weighted by atomic mass is 35.5. The first-order valence-electron chi connectivity index (χ1n) is 7.51. The molecule has 1 fully saturated rings. The van der Waals surface area contributed by atoms with Gasteiger partial charge in [0.15, 0.2) is 0 Å². The number of dihydropyridines is 1. The van der Waals surface area contributed by atoms with Gasteiger partial charge in [0.25, 0.3) is 0 Å². The van der Waals surface area contributed by atoms with Crippen LogP contribution >= 0.6 is 11.6 Å². The number of hydrogen-bond donors (Lipinski definition) is 1. The smallest absolute Gasteiger partial charge is 0.137 e. The number of fused-ring (bicyclic) bond motifs is 1. The summed E-state index contributed by atoms with van der Waals surface area (Å²) in [5, 5.41) is 4.21. The molecule has 1 unspecified atom stereocenters. The first kappa shape index (κ1) is 13.8. The first-order valence-corrected chi connectivity index (χ1v) is 7.89. The van der Waals surface area contributed by atoms with E-state index in [1.165, 1.54) is 0 Å². The number of amidine groups is 1. The topological polar surface area (TPSA) is 44.9 Å². The normalized spacial score (nSPS) is 22.6. The zero-order valence-corrected chi connectivity index (χ0v) is 13.2. The number of imidazole rings is 1. The van der Waals surface area contributed by atoms with Crippen LogP contribution in [0.3, 0.4) is 0 Å². The van der Waals surface area contributed by atoms with E-state index in [1.807, 2.05) is 28.9 Å². The Morgan fingerprint density at radius 2 is 2.18 bits per heavy atom. The summed E-state index contributed by atoms with van der Waals surface area (Å²) in [7, 11) is 2.13. The van der Waals surface area contributed by atoms with Crippen LogP contribution in [0.25, 0.3) is 5.65 Å². The molecular formula is C16H18ClN5. The van der Waals surface area contributed by atoms with Crippen LogP contribution in [-0.2, 0) is 0 Å². The van der Waals surface area contributed by atoms with Gasteiger partial charge < -0.3 is 14.6 Å². The number of nitrogens with one attached hydrogen (secondary N) is 1. The molecular weight excluding hydrogens is 298 g/mol. The van der Waals surface area contributed by atoms with Gasteiger partial charge in [0.05, 0.1) is 29.0 Å². The van der Waals surface area contributed by atoms with Crippen molar-refractivity contribution in [2.45, 2.75) is 18.5 Å². The molecule has 2 aromatic heterocycles. The van der Waals surface area contributed by atoms with Crippen molar-refractivity contribution in [1.29, 1.82) is 0 Å². The predicted molar refractivity (Wildman–Crippen MR) is 88.6 cm³/mol. The molecule has 22 heavy (non-hydrogen) atoms. The van der Waals surface area contributed by atoms with E-state index in [2.05, 4.69) is 34.4 Å². The molecule has 0 saturated carbocycles. The molecule has 1 saturated heterocycles. The summed E-state index contributed by atoms with van der Waals surface area (Å²) < 4.78 is 2.03. The zero-order valence-electron chi connectivity index (χ0n) is 12.4. The molecule has 1 N–H and O–H groups in total. The molecule has 0 aliphatic carbocycles. The van der Waals surface area contributed by atoms with Crippen LogP contribution in [0.15, 0.2) is 41.7 Å². The van der Waals surface area contributed by atoms with Crippen molar-refractivity contribution in [3.05, 3.63) is 47.4 Å². The Morgan fingerprint density at radius 1 is 1.32 bits per heavy atom. The molecule has 0 bridgehead atoms. The Morgan fingerprint density at radius 3 is 3.00 bits per heavy atom. The Labute approximate surface area is 134 Å². The average Bonchev–Trinajstić information content (AvgIpc) is 2.89. The lowest BCUT2D eigenvalue weighted by molar-refractivity contribution is 0.178. The summed E-state index contributed by atoms with van der Waals surface area (Å²) in [4.78, 5) is 11.6. The number of pyridine rings is 1. The minimum Gasteiger partial charge on any atom is -0.365 e. The molecule has 114 valence electrons. The van der Waals surface area contributed by atoms with Crippen LogP contribution in [0.5, 0.6) is 0 Å². The predicted octanol–water partition coefficient (Wildman–Crippen LogP) is 2.29. The quantitative estimate of drug-likeness (QED) is 0.925. The summed E-state index contributed by atoms with van der Waals surface area (Å²) in [6.45, 7) is 2.14. The molecule has 0 aromatic carbocycles. The fourth-order valence-corrected chi connectivity index (χ4v) is 3.22. The molecule has 6 heteroatoms. The third-order valence-electron chi connectivity index (χ3n) is 4.19.